The number of nitrogen functional groups attached to an aromatic ring is 1. The van der Waals surface area contributed by atoms with Gasteiger partial charge in [-0.05, 0) is 51.3 Å². The van der Waals surface area contributed by atoms with E-state index in [9.17, 15) is 9.59 Å². The molecule has 2 aromatic heterocycles. The maximum absolute atomic E-state index is 12.1. The lowest BCUT2D eigenvalue weighted by Crippen LogP contribution is -2.21. The first-order valence-electron chi connectivity index (χ1n) is 9.25. The molecule has 0 atom stereocenters. The largest absolute Gasteiger partial charge is 0.456 e. The van der Waals surface area contributed by atoms with Crippen LogP contribution in [0.25, 0.3) is 5.78 Å². The van der Waals surface area contributed by atoms with Crippen LogP contribution >= 0.6 is 0 Å². The number of hydrogen-bond acceptors (Lipinski definition) is 7. The summed E-state index contributed by atoms with van der Waals surface area (Å²) in [6.07, 6.45) is 0.535. The number of amides is 1. The van der Waals surface area contributed by atoms with Crippen LogP contribution in [0.15, 0.2) is 18.2 Å². The van der Waals surface area contributed by atoms with Crippen LogP contribution in [-0.2, 0) is 20.7 Å². The molecule has 0 saturated heterocycles. The second kappa shape index (κ2) is 8.26. The highest BCUT2D eigenvalue weighted by molar-refractivity contribution is 5.93. The summed E-state index contributed by atoms with van der Waals surface area (Å²) in [5.74, 6) is -0.269. The van der Waals surface area contributed by atoms with Crippen LogP contribution in [-0.4, -0.2) is 38.1 Å². The Hall–Kier alpha value is -3.49. The number of aromatic nitrogens is 4. The number of benzene rings is 1. The summed E-state index contributed by atoms with van der Waals surface area (Å²) >= 11 is 0. The van der Waals surface area contributed by atoms with E-state index in [-0.39, 0.29) is 24.9 Å². The summed E-state index contributed by atoms with van der Waals surface area (Å²) in [5.41, 5.74) is 10.8. The summed E-state index contributed by atoms with van der Waals surface area (Å²) < 4.78 is 6.66. The molecule has 0 fully saturated rings. The van der Waals surface area contributed by atoms with Gasteiger partial charge in [-0.25, -0.2) is 4.98 Å². The Balaban J connectivity index is 1.55. The van der Waals surface area contributed by atoms with Crippen LogP contribution in [0, 0.1) is 27.7 Å². The van der Waals surface area contributed by atoms with Gasteiger partial charge in [-0.2, -0.15) is 9.50 Å². The smallest absolute Gasteiger partial charge is 0.306 e. The third-order valence-electron chi connectivity index (χ3n) is 4.66. The maximum atomic E-state index is 12.1. The Morgan fingerprint density at radius 2 is 1.93 bits per heavy atom. The Labute approximate surface area is 168 Å². The molecule has 9 nitrogen and oxygen atoms in total. The Morgan fingerprint density at radius 1 is 1.17 bits per heavy atom. The van der Waals surface area contributed by atoms with E-state index in [1.807, 2.05) is 45.9 Å². The average Bonchev–Trinajstić information content (AvgIpc) is 3.02. The second-order valence-corrected chi connectivity index (χ2v) is 6.97. The van der Waals surface area contributed by atoms with Gasteiger partial charge in [0.15, 0.2) is 6.61 Å². The van der Waals surface area contributed by atoms with Gasteiger partial charge in [0.25, 0.3) is 11.7 Å². The minimum absolute atomic E-state index is 0.121. The minimum atomic E-state index is -0.460. The third-order valence-corrected chi connectivity index (χ3v) is 4.66. The van der Waals surface area contributed by atoms with Gasteiger partial charge in [-0.3, -0.25) is 9.59 Å². The maximum Gasteiger partial charge on any atom is 0.306 e. The van der Waals surface area contributed by atoms with Gasteiger partial charge in [0, 0.05) is 23.5 Å². The predicted octanol–water partition coefficient (Wildman–Crippen LogP) is 2.05. The lowest BCUT2D eigenvalue weighted by molar-refractivity contribution is -0.147. The Kier molecular flexibility index (Phi) is 5.76. The number of carbonyl (C=O) groups is 2. The predicted molar refractivity (Wildman–Crippen MR) is 108 cm³/mol. The number of aryl methyl sites for hydroxylation is 4. The molecule has 0 saturated carbocycles. The third kappa shape index (κ3) is 4.68. The Morgan fingerprint density at radius 3 is 2.66 bits per heavy atom. The fraction of sp³-hybridized carbons (Fsp3) is 0.350. The van der Waals surface area contributed by atoms with Crippen molar-refractivity contribution in [3.05, 3.63) is 46.3 Å². The quantitative estimate of drug-likeness (QED) is 0.611. The normalized spacial score (nSPS) is 10.9. The number of esters is 1. The molecule has 0 aliphatic carbocycles. The zero-order valence-electron chi connectivity index (χ0n) is 16.9. The van der Waals surface area contributed by atoms with Crippen LogP contribution in [0.5, 0.6) is 0 Å². The lowest BCUT2D eigenvalue weighted by atomic mass is 10.1. The molecule has 0 unspecified atom stereocenters. The second-order valence-electron chi connectivity index (χ2n) is 6.97. The fourth-order valence-electron chi connectivity index (χ4n) is 3.17. The van der Waals surface area contributed by atoms with Crippen LogP contribution in [0.4, 0.5) is 11.6 Å². The van der Waals surface area contributed by atoms with Crippen LogP contribution < -0.4 is 11.1 Å². The van der Waals surface area contributed by atoms with Crippen molar-refractivity contribution < 1.29 is 14.3 Å². The molecule has 0 radical (unpaired) electrons. The molecule has 2 heterocycles. The number of nitrogens with zero attached hydrogens (tertiary/aromatic N) is 4. The number of ether oxygens (including phenoxy) is 1. The van der Waals surface area contributed by atoms with Gasteiger partial charge in [-0.1, -0.05) is 17.7 Å². The number of nitrogens with one attached hydrogen (secondary N) is 1. The Bertz CT molecular complexity index is 1090. The number of fused-ring (bicyclic) bond motifs is 1. The molecule has 152 valence electrons. The highest BCUT2D eigenvalue weighted by Gasteiger charge is 2.15. The van der Waals surface area contributed by atoms with Crippen molar-refractivity contribution >= 4 is 29.3 Å². The molecule has 3 N–H and O–H groups in total. The van der Waals surface area contributed by atoms with Crippen LogP contribution in [0.3, 0.4) is 0 Å². The summed E-state index contributed by atoms with van der Waals surface area (Å²) in [4.78, 5) is 32.6. The van der Waals surface area contributed by atoms with Crippen molar-refractivity contribution in [2.45, 2.75) is 40.5 Å². The molecule has 9 heteroatoms. The van der Waals surface area contributed by atoms with Crippen molar-refractivity contribution in [2.75, 3.05) is 17.7 Å². The van der Waals surface area contributed by atoms with E-state index in [2.05, 4.69) is 20.4 Å². The number of rotatable bonds is 6. The van der Waals surface area contributed by atoms with Crippen molar-refractivity contribution in [2.24, 2.45) is 0 Å². The molecule has 0 bridgehead atoms. The SMILES string of the molecule is Cc1ccc(NC(=O)COC(=O)CCc2c(C)nc3nc(N)nn3c2C)c(C)c1. The fourth-order valence-corrected chi connectivity index (χ4v) is 3.17. The van der Waals surface area contributed by atoms with E-state index < -0.39 is 5.97 Å². The lowest BCUT2D eigenvalue weighted by Gasteiger charge is -2.11. The van der Waals surface area contributed by atoms with Gasteiger partial charge in [-0.15, -0.1) is 5.10 Å². The zero-order valence-corrected chi connectivity index (χ0v) is 16.9. The first kappa shape index (κ1) is 20.2. The summed E-state index contributed by atoms with van der Waals surface area (Å²) in [7, 11) is 0. The molecular formula is C20H24N6O3. The molecule has 0 aliphatic heterocycles. The molecular weight excluding hydrogens is 372 g/mol. The van der Waals surface area contributed by atoms with Crippen molar-refractivity contribution in [3.8, 4) is 0 Å². The first-order chi connectivity index (χ1) is 13.7. The van der Waals surface area contributed by atoms with E-state index in [1.165, 1.54) is 0 Å². The van der Waals surface area contributed by atoms with E-state index in [1.54, 1.807) is 4.52 Å². The van der Waals surface area contributed by atoms with E-state index >= 15 is 0 Å². The number of carbonyl (C=O) groups excluding carboxylic acids is 2. The number of nitrogens with two attached hydrogens (primary N) is 1. The standard InChI is InChI=1S/C20H24N6O3/c1-11-5-7-16(12(2)9-11)23-17(27)10-29-18(28)8-6-15-13(3)22-20-24-19(21)25-26(20)14(15)4/h5,7,9H,6,8,10H2,1-4H3,(H2,21,25)(H,23,27). The van der Waals surface area contributed by atoms with Crippen molar-refractivity contribution in [3.63, 3.8) is 0 Å². The molecule has 3 rings (SSSR count). The van der Waals surface area contributed by atoms with Gasteiger partial charge in [0.1, 0.15) is 0 Å². The molecule has 1 aromatic carbocycles. The van der Waals surface area contributed by atoms with Crippen molar-refractivity contribution in [1.82, 2.24) is 19.6 Å². The number of hydrogen-bond donors (Lipinski definition) is 2. The summed E-state index contributed by atoms with van der Waals surface area (Å²) in [6.45, 7) is 7.27. The molecule has 0 aliphatic rings. The summed E-state index contributed by atoms with van der Waals surface area (Å²) in [5, 5.41) is 6.86. The highest BCUT2D eigenvalue weighted by atomic mass is 16.5. The van der Waals surface area contributed by atoms with E-state index in [0.29, 0.717) is 17.9 Å². The van der Waals surface area contributed by atoms with Gasteiger partial charge in [0.2, 0.25) is 5.95 Å². The highest BCUT2D eigenvalue weighted by Crippen LogP contribution is 2.17. The average molecular weight is 396 g/mol. The first-order valence-corrected chi connectivity index (χ1v) is 9.25. The molecule has 3 aromatic rings. The molecule has 1 amide bonds. The van der Waals surface area contributed by atoms with E-state index in [0.717, 1.165) is 28.1 Å². The number of anilines is 2. The van der Waals surface area contributed by atoms with Gasteiger partial charge in [0.05, 0.1) is 0 Å². The van der Waals surface area contributed by atoms with Gasteiger partial charge < -0.3 is 15.8 Å². The van der Waals surface area contributed by atoms with E-state index in [4.69, 9.17) is 10.5 Å². The topological polar surface area (TPSA) is 124 Å². The van der Waals surface area contributed by atoms with Gasteiger partial charge >= 0.3 is 5.97 Å². The molecule has 29 heavy (non-hydrogen) atoms. The monoisotopic (exact) mass is 396 g/mol. The molecule has 0 spiro atoms. The van der Waals surface area contributed by atoms with Crippen LogP contribution in [0.2, 0.25) is 0 Å². The minimum Gasteiger partial charge on any atom is -0.456 e. The van der Waals surface area contributed by atoms with Crippen LogP contribution in [0.1, 0.15) is 34.5 Å². The zero-order chi connectivity index (χ0) is 21.1. The summed E-state index contributed by atoms with van der Waals surface area (Å²) in [6, 6.07) is 5.71. The van der Waals surface area contributed by atoms with Crippen molar-refractivity contribution in [1.29, 1.82) is 0 Å².